The zero-order valence-corrected chi connectivity index (χ0v) is 11.3. The van der Waals surface area contributed by atoms with Gasteiger partial charge in [-0.3, -0.25) is 0 Å². The lowest BCUT2D eigenvalue weighted by molar-refractivity contribution is -0.136. The Hall–Kier alpha value is -1.44. The number of aromatic carboxylic acids is 1. The molecule has 0 radical (unpaired) electrons. The molecule has 0 aliphatic carbocycles. The predicted molar refractivity (Wildman–Crippen MR) is 67.4 cm³/mol. The van der Waals surface area contributed by atoms with Gasteiger partial charge in [0, 0.05) is 6.54 Å². The van der Waals surface area contributed by atoms with Crippen molar-refractivity contribution in [2.24, 2.45) is 0 Å². The second-order valence-corrected chi connectivity index (χ2v) is 4.90. The highest BCUT2D eigenvalue weighted by molar-refractivity contribution is 6.35. The number of halogens is 1. The van der Waals surface area contributed by atoms with Gasteiger partial charge in [-0.15, -0.1) is 0 Å². The van der Waals surface area contributed by atoms with E-state index in [2.05, 4.69) is 15.3 Å². The minimum absolute atomic E-state index is 0.0202. The Kier molecular flexibility index (Phi) is 3.88. The average molecular weight is 288 g/mol. The molecule has 1 atom stereocenters. The topological polar surface area (TPSA) is 93.6 Å². The number of ether oxygens (including phenoxy) is 2. The Labute approximate surface area is 114 Å². The Morgan fingerprint density at radius 3 is 2.95 bits per heavy atom. The number of hydrogen-bond donors (Lipinski definition) is 2. The van der Waals surface area contributed by atoms with E-state index in [1.54, 1.807) is 0 Å². The molecule has 1 aliphatic heterocycles. The van der Waals surface area contributed by atoms with Gasteiger partial charge < -0.3 is 19.9 Å². The maximum Gasteiger partial charge on any atom is 0.356 e. The summed E-state index contributed by atoms with van der Waals surface area (Å²) >= 11 is 5.90. The first kappa shape index (κ1) is 14.0. The number of carboxylic acids is 1. The molecule has 1 saturated heterocycles. The molecule has 1 aromatic heterocycles. The molecule has 0 bridgehead atoms. The van der Waals surface area contributed by atoms with Crippen molar-refractivity contribution in [1.82, 2.24) is 9.97 Å². The van der Waals surface area contributed by atoms with Gasteiger partial charge in [-0.2, -0.15) is 0 Å². The van der Waals surface area contributed by atoms with Crippen molar-refractivity contribution in [3.05, 3.63) is 17.0 Å². The van der Waals surface area contributed by atoms with E-state index < -0.39 is 11.8 Å². The molecule has 1 unspecified atom stereocenters. The van der Waals surface area contributed by atoms with Crippen molar-refractivity contribution in [3.63, 3.8) is 0 Å². The molecule has 1 aromatic rings. The maximum absolute atomic E-state index is 10.9. The fourth-order valence-electron chi connectivity index (χ4n) is 1.72. The van der Waals surface area contributed by atoms with Crippen LogP contribution in [0.1, 0.15) is 24.3 Å². The molecule has 0 saturated carbocycles. The van der Waals surface area contributed by atoms with Crippen LogP contribution in [0.4, 0.5) is 5.82 Å². The lowest BCUT2D eigenvalue weighted by Gasteiger charge is -2.17. The smallest absolute Gasteiger partial charge is 0.356 e. The standard InChI is InChI=1S/C11H14ClN3O4/c1-11(2)18-4-6(19-11)3-13-9-7(12)8(10(16)17)14-5-15-9/h5-6H,3-4H2,1-2H3,(H,16,17)(H,13,14,15). The zero-order chi connectivity index (χ0) is 14.0. The number of rotatable bonds is 4. The second kappa shape index (κ2) is 5.28. The maximum atomic E-state index is 10.9. The summed E-state index contributed by atoms with van der Waals surface area (Å²) < 4.78 is 11.0. The summed E-state index contributed by atoms with van der Waals surface area (Å²) in [7, 11) is 0. The van der Waals surface area contributed by atoms with Crippen LogP contribution in [0, 0.1) is 0 Å². The molecular formula is C11H14ClN3O4. The van der Waals surface area contributed by atoms with Gasteiger partial charge in [-0.1, -0.05) is 11.6 Å². The van der Waals surface area contributed by atoms with Crippen molar-refractivity contribution in [3.8, 4) is 0 Å². The number of hydrogen-bond acceptors (Lipinski definition) is 6. The van der Waals surface area contributed by atoms with Crippen LogP contribution in [0.2, 0.25) is 5.02 Å². The molecule has 0 aromatic carbocycles. The van der Waals surface area contributed by atoms with Crippen LogP contribution in [0.5, 0.6) is 0 Å². The number of anilines is 1. The van der Waals surface area contributed by atoms with Gasteiger partial charge in [-0.25, -0.2) is 14.8 Å². The van der Waals surface area contributed by atoms with Crippen molar-refractivity contribution in [2.45, 2.75) is 25.7 Å². The molecule has 104 valence electrons. The third-order valence-electron chi connectivity index (χ3n) is 2.56. The third-order valence-corrected chi connectivity index (χ3v) is 2.91. The van der Waals surface area contributed by atoms with Crippen LogP contribution in [0.25, 0.3) is 0 Å². The number of nitrogens with one attached hydrogen (secondary N) is 1. The molecule has 2 N–H and O–H groups in total. The molecule has 0 spiro atoms. The summed E-state index contributed by atoms with van der Waals surface area (Å²) in [5.74, 6) is -1.53. The summed E-state index contributed by atoms with van der Waals surface area (Å²) in [6, 6.07) is 0. The van der Waals surface area contributed by atoms with E-state index in [1.807, 2.05) is 13.8 Å². The van der Waals surface area contributed by atoms with Crippen molar-refractivity contribution >= 4 is 23.4 Å². The Morgan fingerprint density at radius 1 is 1.63 bits per heavy atom. The number of carbonyl (C=O) groups is 1. The zero-order valence-electron chi connectivity index (χ0n) is 10.5. The Morgan fingerprint density at radius 2 is 2.37 bits per heavy atom. The highest BCUT2D eigenvalue weighted by Crippen LogP contribution is 2.24. The van der Waals surface area contributed by atoms with Gasteiger partial charge in [0.2, 0.25) is 0 Å². The largest absolute Gasteiger partial charge is 0.476 e. The molecule has 0 amide bonds. The van der Waals surface area contributed by atoms with E-state index in [4.69, 9.17) is 26.2 Å². The van der Waals surface area contributed by atoms with E-state index in [9.17, 15) is 4.79 Å². The van der Waals surface area contributed by atoms with Crippen molar-refractivity contribution < 1.29 is 19.4 Å². The number of aromatic nitrogens is 2. The average Bonchev–Trinajstić information content (AvgIpc) is 2.67. The summed E-state index contributed by atoms with van der Waals surface area (Å²) in [6.07, 6.45) is 1.00. The first-order chi connectivity index (χ1) is 8.89. The van der Waals surface area contributed by atoms with E-state index in [1.165, 1.54) is 0 Å². The third kappa shape index (κ3) is 3.31. The molecule has 2 rings (SSSR count). The van der Waals surface area contributed by atoms with E-state index in [-0.39, 0.29) is 22.6 Å². The summed E-state index contributed by atoms with van der Waals surface area (Å²) in [4.78, 5) is 18.4. The highest BCUT2D eigenvalue weighted by Gasteiger charge is 2.32. The highest BCUT2D eigenvalue weighted by atomic mass is 35.5. The van der Waals surface area contributed by atoms with Gasteiger partial charge in [0.1, 0.15) is 23.3 Å². The van der Waals surface area contributed by atoms with Crippen molar-refractivity contribution in [2.75, 3.05) is 18.5 Å². The SMILES string of the molecule is CC1(C)OCC(CNc2ncnc(C(=O)O)c2Cl)O1. The molecular weight excluding hydrogens is 274 g/mol. The minimum Gasteiger partial charge on any atom is -0.476 e. The van der Waals surface area contributed by atoms with Crippen LogP contribution in [-0.4, -0.2) is 46.1 Å². The number of nitrogens with zero attached hydrogens (tertiary/aromatic N) is 2. The molecule has 1 fully saturated rings. The van der Waals surface area contributed by atoms with E-state index >= 15 is 0 Å². The fraction of sp³-hybridized carbons (Fsp3) is 0.545. The number of carboxylic acid groups (broad SMARTS) is 1. The lowest BCUT2D eigenvalue weighted by atomic mass is 10.3. The second-order valence-electron chi connectivity index (χ2n) is 4.52. The summed E-state index contributed by atoms with van der Waals surface area (Å²) in [5.41, 5.74) is -0.233. The molecule has 7 nitrogen and oxygen atoms in total. The van der Waals surface area contributed by atoms with E-state index in [0.717, 1.165) is 6.33 Å². The first-order valence-electron chi connectivity index (χ1n) is 5.68. The first-order valence-corrected chi connectivity index (χ1v) is 6.06. The molecule has 19 heavy (non-hydrogen) atoms. The Balaban J connectivity index is 2.01. The Bertz CT molecular complexity index is 495. The molecule has 1 aliphatic rings. The lowest BCUT2D eigenvalue weighted by Crippen LogP contribution is -2.26. The van der Waals surface area contributed by atoms with Gasteiger partial charge >= 0.3 is 5.97 Å². The molecule has 8 heteroatoms. The summed E-state index contributed by atoms with van der Waals surface area (Å²) in [6.45, 7) is 4.52. The fourth-order valence-corrected chi connectivity index (χ4v) is 1.96. The van der Waals surface area contributed by atoms with Gasteiger partial charge in [0.15, 0.2) is 11.5 Å². The van der Waals surface area contributed by atoms with Crippen LogP contribution in [-0.2, 0) is 9.47 Å². The van der Waals surface area contributed by atoms with Crippen molar-refractivity contribution in [1.29, 1.82) is 0 Å². The molecule has 2 heterocycles. The predicted octanol–water partition coefficient (Wildman–Crippen LogP) is 1.39. The van der Waals surface area contributed by atoms with Gasteiger partial charge in [0.05, 0.1) is 6.61 Å². The van der Waals surface area contributed by atoms with Crippen LogP contribution >= 0.6 is 11.6 Å². The minimum atomic E-state index is -1.20. The summed E-state index contributed by atoms with van der Waals surface area (Å²) in [5, 5.41) is 11.8. The van der Waals surface area contributed by atoms with Crippen LogP contribution in [0.3, 0.4) is 0 Å². The monoisotopic (exact) mass is 287 g/mol. The van der Waals surface area contributed by atoms with Gasteiger partial charge in [0.25, 0.3) is 0 Å². The van der Waals surface area contributed by atoms with Crippen LogP contribution < -0.4 is 5.32 Å². The quantitative estimate of drug-likeness (QED) is 0.864. The van der Waals surface area contributed by atoms with Gasteiger partial charge in [-0.05, 0) is 13.8 Å². The normalized spacial score (nSPS) is 21.3. The van der Waals surface area contributed by atoms with Crippen LogP contribution in [0.15, 0.2) is 6.33 Å². The van der Waals surface area contributed by atoms with E-state index in [0.29, 0.717) is 13.2 Å².